The van der Waals surface area contributed by atoms with Crippen molar-refractivity contribution >= 4 is 23.4 Å². The number of carbonyl (C=O) groups is 2. The van der Waals surface area contributed by atoms with Gasteiger partial charge < -0.3 is 14.8 Å². The van der Waals surface area contributed by atoms with Crippen molar-refractivity contribution in [3.05, 3.63) is 54.1 Å². The van der Waals surface area contributed by atoms with E-state index in [9.17, 15) is 22.8 Å². The monoisotopic (exact) mass is 424 g/mol. The summed E-state index contributed by atoms with van der Waals surface area (Å²) in [4.78, 5) is 23.9. The van der Waals surface area contributed by atoms with Gasteiger partial charge >= 0.3 is 12.5 Å². The highest BCUT2D eigenvalue weighted by Crippen LogP contribution is 2.27. The van der Waals surface area contributed by atoms with Crippen LogP contribution in [0.15, 0.2) is 48.5 Å². The van der Waals surface area contributed by atoms with Gasteiger partial charge in [-0.25, -0.2) is 4.79 Å². The number of rotatable bonds is 6. The molecule has 0 aromatic heterocycles. The van der Waals surface area contributed by atoms with Crippen LogP contribution < -0.4 is 15.4 Å². The summed E-state index contributed by atoms with van der Waals surface area (Å²) in [6.07, 6.45) is -5.35. The summed E-state index contributed by atoms with van der Waals surface area (Å²) >= 11 is 0. The summed E-state index contributed by atoms with van der Waals surface area (Å²) in [5, 5.41) is 5.22. The van der Waals surface area contributed by atoms with Crippen molar-refractivity contribution in [2.24, 2.45) is 0 Å². The number of aryl methyl sites for hydroxylation is 1. The number of anilines is 2. The molecule has 0 aliphatic rings. The molecular weight excluding hydrogens is 401 g/mol. The normalized spacial score (nSPS) is 11.5. The van der Waals surface area contributed by atoms with Crippen molar-refractivity contribution in [2.45, 2.75) is 45.6 Å². The van der Waals surface area contributed by atoms with Crippen molar-refractivity contribution in [3.8, 4) is 5.75 Å². The Morgan fingerprint density at radius 3 is 2.03 bits per heavy atom. The molecule has 2 rings (SSSR count). The second kappa shape index (κ2) is 9.51. The fourth-order valence-electron chi connectivity index (χ4n) is 2.46. The first-order chi connectivity index (χ1) is 13.9. The number of halogens is 3. The number of nitrogens with one attached hydrogen (secondary N) is 2. The van der Waals surface area contributed by atoms with Crippen molar-refractivity contribution in [3.63, 3.8) is 0 Å². The molecular formula is C21H23F3N2O4. The van der Waals surface area contributed by atoms with Crippen molar-refractivity contribution in [2.75, 3.05) is 10.6 Å². The molecule has 0 spiro atoms. The third-order valence-electron chi connectivity index (χ3n) is 3.63. The van der Waals surface area contributed by atoms with E-state index in [-0.39, 0.29) is 30.1 Å². The quantitative estimate of drug-likeness (QED) is 0.642. The summed E-state index contributed by atoms with van der Waals surface area (Å²) in [5.41, 5.74) is 0.624. The third kappa shape index (κ3) is 8.42. The van der Waals surface area contributed by atoms with Crippen LogP contribution in [-0.2, 0) is 16.0 Å². The van der Waals surface area contributed by atoms with Gasteiger partial charge in [-0.1, -0.05) is 18.2 Å². The number of para-hydroxylation sites is 1. The molecule has 6 nitrogen and oxygen atoms in total. The smallest absolute Gasteiger partial charge is 0.444 e. The molecule has 2 N–H and O–H groups in total. The topological polar surface area (TPSA) is 76.7 Å². The lowest BCUT2D eigenvalue weighted by molar-refractivity contribution is -0.274. The highest BCUT2D eigenvalue weighted by molar-refractivity contribution is 5.91. The number of amides is 2. The molecule has 0 bridgehead atoms. The number of carbonyl (C=O) groups excluding carboxylic acids is 2. The standard InChI is InChI=1S/C21H23F3N2O4/c1-20(2,3)30-19(28)26-16-11-9-15(10-12-16)25-18(27)13-8-14-6-4-5-7-17(14)29-21(22,23)24/h4-7,9-12H,8,13H2,1-3H3,(H,25,27)(H,26,28). The summed E-state index contributed by atoms with van der Waals surface area (Å²) in [7, 11) is 0. The van der Waals surface area contributed by atoms with E-state index in [0.717, 1.165) is 0 Å². The highest BCUT2D eigenvalue weighted by Gasteiger charge is 2.32. The minimum absolute atomic E-state index is 0.0316. The Kier molecular flexibility index (Phi) is 7.31. The molecule has 0 heterocycles. The average molecular weight is 424 g/mol. The van der Waals surface area contributed by atoms with Crippen molar-refractivity contribution < 1.29 is 32.2 Å². The molecule has 2 aromatic carbocycles. The van der Waals surface area contributed by atoms with Crippen LogP contribution in [0.2, 0.25) is 0 Å². The number of benzene rings is 2. The zero-order chi connectivity index (χ0) is 22.4. The van der Waals surface area contributed by atoms with Crippen LogP contribution in [0.25, 0.3) is 0 Å². The van der Waals surface area contributed by atoms with Gasteiger partial charge in [0.1, 0.15) is 11.4 Å². The minimum atomic E-state index is -4.80. The Labute approximate surface area is 172 Å². The van der Waals surface area contributed by atoms with Crippen LogP contribution in [-0.4, -0.2) is 24.0 Å². The number of ether oxygens (including phenoxy) is 2. The van der Waals surface area contributed by atoms with E-state index in [1.54, 1.807) is 51.1 Å². The van der Waals surface area contributed by atoms with Gasteiger partial charge in [-0.2, -0.15) is 0 Å². The van der Waals surface area contributed by atoms with Crippen LogP contribution >= 0.6 is 0 Å². The maximum Gasteiger partial charge on any atom is 0.573 e. The Bertz CT molecular complexity index is 875. The van der Waals surface area contributed by atoms with Gasteiger partial charge in [0.15, 0.2) is 0 Å². The second-order valence-corrected chi connectivity index (χ2v) is 7.41. The predicted molar refractivity (Wildman–Crippen MR) is 106 cm³/mol. The second-order valence-electron chi connectivity index (χ2n) is 7.41. The van der Waals surface area contributed by atoms with Crippen molar-refractivity contribution in [1.29, 1.82) is 0 Å². The SMILES string of the molecule is CC(C)(C)OC(=O)Nc1ccc(NC(=O)CCc2ccccc2OC(F)(F)F)cc1. The van der Waals surface area contributed by atoms with Crippen LogP contribution in [0, 0.1) is 0 Å². The van der Waals surface area contributed by atoms with E-state index in [0.29, 0.717) is 11.4 Å². The predicted octanol–water partition coefficient (Wildman–Crippen LogP) is 5.50. The van der Waals surface area contributed by atoms with Crippen LogP contribution in [0.4, 0.5) is 29.3 Å². The summed E-state index contributed by atoms with van der Waals surface area (Å²) < 4.78 is 46.5. The summed E-state index contributed by atoms with van der Waals surface area (Å²) in [6.45, 7) is 5.25. The van der Waals surface area contributed by atoms with Crippen LogP contribution in [0.1, 0.15) is 32.8 Å². The molecule has 2 aromatic rings. The molecule has 0 saturated carbocycles. The molecule has 0 aliphatic heterocycles. The van der Waals surface area contributed by atoms with Gasteiger partial charge in [-0.05, 0) is 63.1 Å². The number of alkyl halides is 3. The van der Waals surface area contributed by atoms with Crippen LogP contribution in [0.3, 0.4) is 0 Å². The van der Waals surface area contributed by atoms with Crippen LogP contribution in [0.5, 0.6) is 5.75 Å². The molecule has 0 unspecified atom stereocenters. The fourth-order valence-corrected chi connectivity index (χ4v) is 2.46. The molecule has 162 valence electrons. The highest BCUT2D eigenvalue weighted by atomic mass is 19.4. The molecule has 0 atom stereocenters. The Morgan fingerprint density at radius 2 is 1.47 bits per heavy atom. The Morgan fingerprint density at radius 1 is 0.900 bits per heavy atom. The molecule has 9 heteroatoms. The summed E-state index contributed by atoms with van der Waals surface area (Å²) in [6, 6.07) is 12.0. The van der Waals surface area contributed by atoms with Gasteiger partial charge in [0.25, 0.3) is 0 Å². The molecule has 0 radical (unpaired) electrons. The van der Waals surface area contributed by atoms with E-state index in [4.69, 9.17) is 4.74 Å². The maximum atomic E-state index is 12.5. The van der Waals surface area contributed by atoms with E-state index in [1.807, 2.05) is 0 Å². The first-order valence-electron chi connectivity index (χ1n) is 9.15. The lowest BCUT2D eigenvalue weighted by Crippen LogP contribution is -2.27. The Balaban J connectivity index is 1.88. The van der Waals surface area contributed by atoms with Gasteiger partial charge in [0, 0.05) is 17.8 Å². The van der Waals surface area contributed by atoms with Gasteiger partial charge in [-0.15, -0.1) is 13.2 Å². The average Bonchev–Trinajstić information content (AvgIpc) is 2.60. The molecule has 2 amide bonds. The van der Waals surface area contributed by atoms with E-state index >= 15 is 0 Å². The number of hydrogen-bond acceptors (Lipinski definition) is 4. The lowest BCUT2D eigenvalue weighted by atomic mass is 10.1. The minimum Gasteiger partial charge on any atom is -0.444 e. The van der Waals surface area contributed by atoms with Gasteiger partial charge in [-0.3, -0.25) is 10.1 Å². The largest absolute Gasteiger partial charge is 0.573 e. The molecule has 0 saturated heterocycles. The third-order valence-corrected chi connectivity index (χ3v) is 3.63. The maximum absolute atomic E-state index is 12.5. The number of hydrogen-bond donors (Lipinski definition) is 2. The first-order valence-corrected chi connectivity index (χ1v) is 9.15. The molecule has 0 fully saturated rings. The van der Waals surface area contributed by atoms with E-state index < -0.39 is 18.1 Å². The van der Waals surface area contributed by atoms with Crippen molar-refractivity contribution in [1.82, 2.24) is 0 Å². The van der Waals surface area contributed by atoms with E-state index in [2.05, 4.69) is 15.4 Å². The zero-order valence-electron chi connectivity index (χ0n) is 16.8. The van der Waals surface area contributed by atoms with E-state index in [1.165, 1.54) is 18.2 Å². The first kappa shape index (κ1) is 23.1. The summed E-state index contributed by atoms with van der Waals surface area (Å²) in [5.74, 6) is -0.694. The van der Waals surface area contributed by atoms with Gasteiger partial charge in [0.2, 0.25) is 5.91 Å². The molecule has 30 heavy (non-hydrogen) atoms. The Hall–Kier alpha value is -3.23. The zero-order valence-corrected chi connectivity index (χ0v) is 16.8. The lowest BCUT2D eigenvalue weighted by Gasteiger charge is -2.19. The van der Waals surface area contributed by atoms with Gasteiger partial charge in [0.05, 0.1) is 0 Å². The molecule has 0 aliphatic carbocycles. The fraction of sp³-hybridized carbons (Fsp3) is 0.333.